The van der Waals surface area contributed by atoms with Gasteiger partial charge in [0.1, 0.15) is 5.82 Å². The molecule has 66 valence electrons. The number of rotatable bonds is 3. The van der Waals surface area contributed by atoms with E-state index in [0.29, 0.717) is 5.82 Å². The van der Waals surface area contributed by atoms with Crippen LogP contribution in [-0.2, 0) is 4.79 Å². The van der Waals surface area contributed by atoms with Crippen molar-refractivity contribution in [2.24, 2.45) is 5.73 Å². The third kappa shape index (κ3) is 2.00. The molecule has 1 aromatic rings. The topological polar surface area (TPSA) is 105 Å². The summed E-state index contributed by atoms with van der Waals surface area (Å²) in [5.74, 6) is -0.423. The minimum atomic E-state index is -0.915. The Kier molecular flexibility index (Phi) is 2.35. The van der Waals surface area contributed by atoms with E-state index in [2.05, 4.69) is 4.98 Å². The molecule has 0 saturated heterocycles. The van der Waals surface area contributed by atoms with Crippen molar-refractivity contribution in [2.45, 2.75) is 12.5 Å². The molecule has 1 aromatic heterocycles. The van der Waals surface area contributed by atoms with E-state index in [1.54, 1.807) is 12.3 Å². The maximum atomic E-state index is 10.3. The number of aromatic nitrogens is 1. The largest absolute Gasteiger partial charge is 0.481 e. The van der Waals surface area contributed by atoms with Crippen LogP contribution in [0.3, 0.4) is 0 Å². The molecular weight excluding hydrogens is 158 g/mol. The molecule has 0 saturated carbocycles. The van der Waals surface area contributed by atoms with Gasteiger partial charge in [0, 0.05) is 12.2 Å². The zero-order valence-corrected chi connectivity index (χ0v) is 6.45. The summed E-state index contributed by atoms with van der Waals surface area (Å²) in [6, 6.07) is 1.14. The van der Waals surface area contributed by atoms with Gasteiger partial charge in [0.15, 0.2) is 0 Å². The number of carboxylic acids is 1. The third-order valence-electron chi connectivity index (χ3n) is 1.55. The lowest BCUT2D eigenvalue weighted by Gasteiger charge is -2.04. The van der Waals surface area contributed by atoms with E-state index in [1.165, 1.54) is 0 Å². The fourth-order valence-electron chi connectivity index (χ4n) is 0.950. The molecule has 1 heterocycles. The van der Waals surface area contributed by atoms with Gasteiger partial charge < -0.3 is 21.6 Å². The highest BCUT2D eigenvalue weighted by molar-refractivity contribution is 5.68. The van der Waals surface area contributed by atoms with Gasteiger partial charge >= 0.3 is 5.97 Å². The summed E-state index contributed by atoms with van der Waals surface area (Å²) < 4.78 is 0. The smallest absolute Gasteiger partial charge is 0.305 e. The first-order valence-electron chi connectivity index (χ1n) is 3.50. The lowest BCUT2D eigenvalue weighted by atomic mass is 10.1. The molecule has 0 amide bonds. The number of carbonyl (C=O) groups is 1. The van der Waals surface area contributed by atoms with Gasteiger partial charge in [0.05, 0.1) is 6.42 Å². The van der Waals surface area contributed by atoms with Crippen LogP contribution in [0.25, 0.3) is 0 Å². The Labute approximate surface area is 69.4 Å². The predicted molar refractivity (Wildman–Crippen MR) is 44.4 cm³/mol. The van der Waals surface area contributed by atoms with Gasteiger partial charge in [0.2, 0.25) is 0 Å². The van der Waals surface area contributed by atoms with E-state index >= 15 is 0 Å². The second kappa shape index (κ2) is 3.27. The molecule has 0 radical (unpaired) electrons. The Morgan fingerprint density at radius 1 is 1.75 bits per heavy atom. The van der Waals surface area contributed by atoms with Crippen LogP contribution in [0.2, 0.25) is 0 Å². The average molecular weight is 169 g/mol. The van der Waals surface area contributed by atoms with E-state index in [9.17, 15) is 4.79 Å². The molecule has 0 fully saturated rings. The number of nitrogen functional groups attached to an aromatic ring is 1. The van der Waals surface area contributed by atoms with Gasteiger partial charge in [-0.15, -0.1) is 0 Å². The van der Waals surface area contributed by atoms with Crippen LogP contribution >= 0.6 is 0 Å². The van der Waals surface area contributed by atoms with E-state index in [-0.39, 0.29) is 6.42 Å². The molecule has 0 aromatic carbocycles. The molecule has 0 aliphatic carbocycles. The van der Waals surface area contributed by atoms with Crippen LogP contribution in [0.5, 0.6) is 0 Å². The standard InChI is InChI=1S/C7H11N3O2/c8-5(2-7(11)12)4-1-6(9)10-3-4/h1,3,5,10H,2,8-9H2,(H,11,12)/t5-/m1/s1. The van der Waals surface area contributed by atoms with Crippen LogP contribution in [0.4, 0.5) is 5.82 Å². The van der Waals surface area contributed by atoms with Crippen LogP contribution in [0, 0.1) is 0 Å². The monoisotopic (exact) mass is 169 g/mol. The Morgan fingerprint density at radius 2 is 2.42 bits per heavy atom. The highest BCUT2D eigenvalue weighted by atomic mass is 16.4. The number of H-pyrrole nitrogens is 1. The quantitative estimate of drug-likeness (QED) is 0.513. The van der Waals surface area contributed by atoms with Crippen LogP contribution < -0.4 is 11.5 Å². The number of hydrogen-bond acceptors (Lipinski definition) is 3. The molecule has 0 aliphatic heterocycles. The first kappa shape index (κ1) is 8.61. The van der Waals surface area contributed by atoms with Gasteiger partial charge in [-0.2, -0.15) is 0 Å². The maximum absolute atomic E-state index is 10.3. The average Bonchev–Trinajstić information content (AvgIpc) is 2.34. The normalized spacial score (nSPS) is 12.8. The molecular formula is C7H11N3O2. The van der Waals surface area contributed by atoms with Crippen molar-refractivity contribution in [3.63, 3.8) is 0 Å². The van der Waals surface area contributed by atoms with Crippen LogP contribution in [0.1, 0.15) is 18.0 Å². The van der Waals surface area contributed by atoms with E-state index in [1.807, 2.05) is 0 Å². The molecule has 1 atom stereocenters. The molecule has 5 heteroatoms. The number of nitrogens with one attached hydrogen (secondary N) is 1. The van der Waals surface area contributed by atoms with Crippen molar-refractivity contribution in [1.29, 1.82) is 0 Å². The number of hydrogen-bond donors (Lipinski definition) is 4. The molecule has 0 bridgehead atoms. The summed E-state index contributed by atoms with van der Waals surface area (Å²) in [5.41, 5.74) is 11.7. The fourth-order valence-corrected chi connectivity index (χ4v) is 0.950. The molecule has 6 N–H and O–H groups in total. The molecule has 0 unspecified atom stereocenters. The van der Waals surface area contributed by atoms with Crippen molar-refractivity contribution in [3.05, 3.63) is 17.8 Å². The van der Waals surface area contributed by atoms with Crippen molar-refractivity contribution in [2.75, 3.05) is 5.73 Å². The van der Waals surface area contributed by atoms with Gasteiger partial charge in [-0.3, -0.25) is 4.79 Å². The summed E-state index contributed by atoms with van der Waals surface area (Å²) in [5, 5.41) is 8.43. The Hall–Kier alpha value is -1.49. The van der Waals surface area contributed by atoms with Crippen molar-refractivity contribution in [3.8, 4) is 0 Å². The number of aliphatic carboxylic acids is 1. The Bertz CT molecular complexity index is 282. The predicted octanol–water partition coefficient (Wildman–Crippen LogP) is 0.0714. The SMILES string of the molecule is Nc1cc([C@H](N)CC(=O)O)c[nH]1. The zero-order valence-electron chi connectivity index (χ0n) is 6.45. The second-order valence-corrected chi connectivity index (χ2v) is 2.59. The van der Waals surface area contributed by atoms with Crippen LogP contribution in [0.15, 0.2) is 12.3 Å². The lowest BCUT2D eigenvalue weighted by Crippen LogP contribution is -2.14. The molecule has 0 aliphatic rings. The van der Waals surface area contributed by atoms with Crippen LogP contribution in [-0.4, -0.2) is 16.1 Å². The highest BCUT2D eigenvalue weighted by Crippen LogP contribution is 2.15. The minimum absolute atomic E-state index is 0.0860. The van der Waals surface area contributed by atoms with E-state index < -0.39 is 12.0 Å². The second-order valence-electron chi connectivity index (χ2n) is 2.59. The molecule has 1 rings (SSSR count). The molecule has 0 spiro atoms. The van der Waals surface area contributed by atoms with Gasteiger partial charge in [-0.05, 0) is 11.6 Å². The fraction of sp³-hybridized carbons (Fsp3) is 0.286. The first-order valence-corrected chi connectivity index (χ1v) is 3.50. The van der Waals surface area contributed by atoms with Crippen molar-refractivity contribution in [1.82, 2.24) is 4.98 Å². The maximum Gasteiger partial charge on any atom is 0.305 e. The minimum Gasteiger partial charge on any atom is -0.481 e. The first-order chi connectivity index (χ1) is 5.59. The lowest BCUT2D eigenvalue weighted by molar-refractivity contribution is -0.137. The zero-order chi connectivity index (χ0) is 9.14. The number of nitrogens with two attached hydrogens (primary N) is 2. The number of aromatic amines is 1. The van der Waals surface area contributed by atoms with Crippen molar-refractivity contribution < 1.29 is 9.90 Å². The third-order valence-corrected chi connectivity index (χ3v) is 1.55. The van der Waals surface area contributed by atoms with Gasteiger partial charge in [0.25, 0.3) is 0 Å². The summed E-state index contributed by atoms with van der Waals surface area (Å²) >= 11 is 0. The van der Waals surface area contributed by atoms with E-state index in [4.69, 9.17) is 16.6 Å². The number of carboxylic acid groups (broad SMARTS) is 1. The summed E-state index contributed by atoms with van der Waals surface area (Å²) in [4.78, 5) is 13.0. The summed E-state index contributed by atoms with van der Waals surface area (Å²) in [7, 11) is 0. The van der Waals surface area contributed by atoms with Gasteiger partial charge in [-0.25, -0.2) is 0 Å². The summed E-state index contributed by atoms with van der Waals surface area (Å²) in [6.07, 6.45) is 1.53. The molecule has 5 nitrogen and oxygen atoms in total. The number of anilines is 1. The van der Waals surface area contributed by atoms with Crippen molar-refractivity contribution >= 4 is 11.8 Å². The highest BCUT2D eigenvalue weighted by Gasteiger charge is 2.11. The summed E-state index contributed by atoms with van der Waals surface area (Å²) in [6.45, 7) is 0. The Morgan fingerprint density at radius 3 is 2.83 bits per heavy atom. The Balaban J connectivity index is 2.64. The molecule has 12 heavy (non-hydrogen) atoms. The van der Waals surface area contributed by atoms with Gasteiger partial charge in [-0.1, -0.05) is 0 Å². The van der Waals surface area contributed by atoms with E-state index in [0.717, 1.165) is 5.56 Å².